The van der Waals surface area contributed by atoms with E-state index in [-0.39, 0.29) is 55.9 Å². The molecule has 452 valence electrons. The number of nitrogens with zero attached hydrogens (tertiary/aromatic N) is 1. The van der Waals surface area contributed by atoms with Crippen molar-refractivity contribution in [3.63, 3.8) is 0 Å². The first-order chi connectivity index (χ1) is 41.5. The monoisotopic (exact) mass is 1200 g/mol. The van der Waals surface area contributed by atoms with Gasteiger partial charge in [-0.3, -0.25) is 43.3 Å². The lowest BCUT2D eigenvalue weighted by atomic mass is 10.00. The molecule has 8 atom stereocenters. The van der Waals surface area contributed by atoms with Crippen LogP contribution < -0.4 is 54.4 Å². The maximum atomic E-state index is 15.0. The Morgan fingerprint density at radius 3 is 1.86 bits per heavy atom. The molecule has 14 N–H and O–H groups in total. The molecule has 8 rings (SSSR count). The molecular formula is C64H76N12O8S2. The lowest BCUT2D eigenvalue weighted by Gasteiger charge is -2.29. The Labute approximate surface area is 507 Å². The van der Waals surface area contributed by atoms with Gasteiger partial charge in [0.05, 0.1) is 6.04 Å². The van der Waals surface area contributed by atoms with Crippen LogP contribution in [-0.2, 0) is 64.0 Å². The van der Waals surface area contributed by atoms with Crippen LogP contribution in [0.4, 0.5) is 0 Å². The number of benzene rings is 5. The van der Waals surface area contributed by atoms with Crippen LogP contribution in [-0.4, -0.2) is 124 Å². The highest BCUT2D eigenvalue weighted by molar-refractivity contribution is 8.76. The number of aromatic nitrogens is 2. The maximum Gasteiger partial charge on any atom is 0.244 e. The topological polar surface area (TPSA) is 328 Å². The van der Waals surface area contributed by atoms with Crippen molar-refractivity contribution in [1.82, 2.24) is 47.2 Å². The molecule has 0 saturated carbocycles. The Balaban J connectivity index is 1.15. The summed E-state index contributed by atoms with van der Waals surface area (Å²) in [5, 5.41) is 24.6. The van der Waals surface area contributed by atoms with Gasteiger partial charge in [-0.15, -0.1) is 0 Å². The molecule has 0 unspecified atom stereocenters. The minimum atomic E-state index is -1.36. The second-order valence-electron chi connectivity index (χ2n) is 22.2. The van der Waals surface area contributed by atoms with Gasteiger partial charge in [0.2, 0.25) is 47.3 Å². The summed E-state index contributed by atoms with van der Waals surface area (Å²) < 4.78 is 0. The molecule has 86 heavy (non-hydrogen) atoms. The van der Waals surface area contributed by atoms with Crippen LogP contribution in [0.1, 0.15) is 68.2 Å². The third-order valence-corrected chi connectivity index (χ3v) is 17.5. The summed E-state index contributed by atoms with van der Waals surface area (Å²) in [6.45, 7) is 4.22. The first kappa shape index (κ1) is 63.7. The van der Waals surface area contributed by atoms with Crippen LogP contribution in [0.2, 0.25) is 0 Å². The zero-order chi connectivity index (χ0) is 61.1. The number of nitrogens with one attached hydrogen (secondary N) is 8. The standard InChI is InChI=1S/C64H76N12O8S2/c1-38(2)20-25-51-60(80)76-56(63(83)72-52(57(67)77)31-40-22-24-43-14-4-6-16-45(43)29-40)37-86-85-36-55(75-58(78)48(66)30-39-21-23-42-13-3-5-15-44(42)28-39)64(84)73-53(32-41-12-11-27-68-34-41)61(81)74-54(33-46-35-69-49-18-8-7-17-47(46)49)62(82)70-50(59(79)71-51)19-9-10-26-65/h3-8,11-18,21-24,27-29,34-35,38,48,50-56,69H,9-10,19-20,25-26,30-33,36-37,65-66H2,1-2H3,(H2,67,77)(H,70,82)(H,71,79)(H,72,83)(H,73,84)(H,74,81)(H,75,78)(H,76,80)/t48-,50-,51-,52-,53-,54+,55-,56-/m0/s1. The first-order valence-corrected chi connectivity index (χ1v) is 31.5. The predicted octanol–water partition coefficient (Wildman–Crippen LogP) is 4.31. The van der Waals surface area contributed by atoms with E-state index in [9.17, 15) is 33.6 Å². The third kappa shape index (κ3) is 18.1. The SMILES string of the molecule is CC(C)CC[C@@H]1NC(=O)[C@H](CCCCN)NC(=O)[C@@H](Cc2c[nH]c3ccccc23)NC(=O)[C@H](Cc2cccnc2)NC(=O)[C@@H](NC(=O)[C@@H](N)Cc2ccc3ccccc3c2)CSSC[C@@H](C(=O)N[C@@H](Cc2ccc3ccccc3c2)C(N)=O)NC1=O. The van der Waals surface area contributed by atoms with Crippen molar-refractivity contribution in [3.8, 4) is 0 Å². The number of H-pyrrole nitrogens is 1. The number of pyridine rings is 1. The van der Waals surface area contributed by atoms with Gasteiger partial charge in [-0.25, -0.2) is 0 Å². The molecule has 1 saturated heterocycles. The number of carbonyl (C=O) groups excluding carboxylic acids is 8. The van der Waals surface area contributed by atoms with E-state index in [0.29, 0.717) is 36.9 Å². The molecule has 0 bridgehead atoms. The number of para-hydroxylation sites is 1. The molecule has 2 aromatic heterocycles. The second kappa shape index (κ2) is 31.2. The van der Waals surface area contributed by atoms with Gasteiger partial charge in [-0.1, -0.05) is 145 Å². The summed E-state index contributed by atoms with van der Waals surface area (Å²) in [7, 11) is 2.18. The third-order valence-electron chi connectivity index (χ3n) is 15.1. The number of aromatic amines is 1. The maximum absolute atomic E-state index is 15.0. The average Bonchev–Trinajstić information content (AvgIpc) is 3.30. The van der Waals surface area contributed by atoms with Gasteiger partial charge in [0.25, 0.3) is 0 Å². The van der Waals surface area contributed by atoms with Gasteiger partial charge in [0.15, 0.2) is 0 Å². The molecule has 7 aromatic rings. The van der Waals surface area contributed by atoms with E-state index in [4.69, 9.17) is 17.2 Å². The number of rotatable bonds is 20. The second-order valence-corrected chi connectivity index (χ2v) is 24.7. The van der Waals surface area contributed by atoms with Crippen molar-refractivity contribution < 1.29 is 38.4 Å². The van der Waals surface area contributed by atoms with Gasteiger partial charge in [0.1, 0.15) is 42.3 Å². The van der Waals surface area contributed by atoms with Crippen molar-refractivity contribution >= 4 is 101 Å². The number of unbranched alkanes of at least 4 members (excludes halogenated alkanes) is 1. The van der Waals surface area contributed by atoms with Crippen LogP contribution in [0, 0.1) is 5.92 Å². The Bertz CT molecular complexity index is 3510. The Kier molecular flexibility index (Phi) is 23.1. The number of nitrogens with two attached hydrogens (primary N) is 3. The van der Waals surface area contributed by atoms with Gasteiger partial charge in [0, 0.05) is 60.3 Å². The molecule has 1 aliphatic heterocycles. The molecule has 0 spiro atoms. The number of carbonyl (C=O) groups is 8. The highest BCUT2D eigenvalue weighted by Gasteiger charge is 2.36. The minimum absolute atomic E-state index is 0.0285. The van der Waals surface area contributed by atoms with Gasteiger partial charge < -0.3 is 59.4 Å². The van der Waals surface area contributed by atoms with Crippen molar-refractivity contribution in [3.05, 3.63) is 162 Å². The van der Waals surface area contributed by atoms with Crippen LogP contribution in [0.5, 0.6) is 0 Å². The van der Waals surface area contributed by atoms with E-state index >= 15 is 4.79 Å². The molecule has 20 nitrogen and oxygen atoms in total. The Hall–Kier alpha value is -8.31. The van der Waals surface area contributed by atoms with Gasteiger partial charge in [-0.05, 0) is 107 Å². The Morgan fingerprint density at radius 2 is 1.21 bits per heavy atom. The van der Waals surface area contributed by atoms with E-state index < -0.39 is 95.6 Å². The van der Waals surface area contributed by atoms with Crippen LogP contribution >= 0.6 is 21.6 Å². The summed E-state index contributed by atoms with van der Waals surface area (Å²) in [6.07, 6.45) is 6.45. The van der Waals surface area contributed by atoms with Crippen molar-refractivity contribution in [2.24, 2.45) is 23.1 Å². The minimum Gasteiger partial charge on any atom is -0.368 e. The summed E-state index contributed by atoms with van der Waals surface area (Å²) in [6, 6.07) is 27.5. The Morgan fingerprint density at radius 1 is 0.628 bits per heavy atom. The van der Waals surface area contributed by atoms with E-state index in [2.05, 4.69) is 47.2 Å². The molecule has 3 heterocycles. The fourth-order valence-corrected chi connectivity index (χ4v) is 12.6. The molecule has 0 aliphatic carbocycles. The highest BCUT2D eigenvalue weighted by atomic mass is 33.1. The van der Waals surface area contributed by atoms with Crippen molar-refractivity contribution in [2.75, 3.05) is 18.1 Å². The molecular weight excluding hydrogens is 1130 g/mol. The van der Waals surface area contributed by atoms with Crippen LogP contribution in [0.25, 0.3) is 32.4 Å². The number of hydrogen-bond acceptors (Lipinski definition) is 13. The van der Waals surface area contributed by atoms with Crippen LogP contribution in [0.15, 0.2) is 140 Å². The van der Waals surface area contributed by atoms with E-state index in [1.165, 1.54) is 0 Å². The summed E-state index contributed by atoms with van der Waals surface area (Å²) >= 11 is 0. The molecule has 1 fully saturated rings. The first-order valence-electron chi connectivity index (χ1n) is 29.0. The molecule has 8 amide bonds. The summed E-state index contributed by atoms with van der Waals surface area (Å²) in [5.41, 5.74) is 22.0. The number of amides is 8. The van der Waals surface area contributed by atoms with Gasteiger partial charge >= 0.3 is 0 Å². The lowest BCUT2D eigenvalue weighted by molar-refractivity contribution is -0.135. The predicted molar refractivity (Wildman–Crippen MR) is 338 cm³/mol. The number of hydrogen-bond donors (Lipinski definition) is 11. The fraction of sp³-hybridized carbons (Fsp3) is 0.359. The van der Waals surface area contributed by atoms with Gasteiger partial charge in [-0.2, -0.15) is 0 Å². The average molecular weight is 1210 g/mol. The van der Waals surface area contributed by atoms with E-state index in [1.807, 2.05) is 123 Å². The number of primary amides is 1. The highest BCUT2D eigenvalue weighted by Crippen LogP contribution is 2.26. The zero-order valence-electron chi connectivity index (χ0n) is 48.2. The summed E-state index contributed by atoms with van der Waals surface area (Å²) in [4.78, 5) is 124. The number of fused-ring (bicyclic) bond motifs is 3. The van der Waals surface area contributed by atoms with Crippen LogP contribution in [0.3, 0.4) is 0 Å². The molecule has 22 heteroatoms. The van der Waals surface area contributed by atoms with Crippen molar-refractivity contribution in [2.45, 2.75) is 120 Å². The summed E-state index contributed by atoms with van der Waals surface area (Å²) in [5.74, 6) is -6.13. The smallest absolute Gasteiger partial charge is 0.244 e. The molecule has 0 radical (unpaired) electrons. The zero-order valence-corrected chi connectivity index (χ0v) is 49.9. The normalized spacial score (nSPS) is 20.2. The van der Waals surface area contributed by atoms with E-state index in [0.717, 1.165) is 65.2 Å². The fourth-order valence-electron chi connectivity index (χ4n) is 10.3. The largest absolute Gasteiger partial charge is 0.368 e. The van der Waals surface area contributed by atoms with E-state index in [1.54, 1.807) is 30.7 Å². The lowest BCUT2D eigenvalue weighted by Crippen LogP contribution is -2.61. The quantitative estimate of drug-likeness (QED) is 0.0375. The molecule has 1 aliphatic rings. The molecule has 5 aromatic carbocycles. The van der Waals surface area contributed by atoms with Crippen molar-refractivity contribution in [1.29, 1.82) is 0 Å².